The van der Waals surface area contributed by atoms with Crippen LogP contribution in [0.1, 0.15) is 25.3 Å². The van der Waals surface area contributed by atoms with E-state index in [1.807, 2.05) is 18.5 Å². The Morgan fingerprint density at radius 2 is 2.38 bits per heavy atom. The van der Waals surface area contributed by atoms with Gasteiger partial charge in [0.15, 0.2) is 0 Å². The molecule has 0 aromatic carbocycles. The molecule has 1 rings (SSSR count). The molecular formula is C12H20N2OS. The minimum atomic E-state index is -0.0198. The van der Waals surface area contributed by atoms with Crippen molar-refractivity contribution in [2.45, 2.75) is 26.3 Å². The summed E-state index contributed by atoms with van der Waals surface area (Å²) in [5.41, 5.74) is 6.81. The number of nitrogens with two attached hydrogens (primary N) is 1. The Balaban J connectivity index is 2.52. The zero-order valence-electron chi connectivity index (χ0n) is 9.98. The quantitative estimate of drug-likeness (QED) is 0.827. The third-order valence-electron chi connectivity index (χ3n) is 2.65. The summed E-state index contributed by atoms with van der Waals surface area (Å²) in [4.78, 5) is 13.8. The molecule has 1 amide bonds. The minimum absolute atomic E-state index is 0.0198. The number of amides is 1. The Hall–Kier alpha value is -0.870. The molecule has 16 heavy (non-hydrogen) atoms. The molecule has 0 saturated heterocycles. The Kier molecular flexibility index (Phi) is 5.49. The van der Waals surface area contributed by atoms with Gasteiger partial charge in [0.2, 0.25) is 5.91 Å². The van der Waals surface area contributed by atoms with Gasteiger partial charge in [-0.05, 0) is 28.8 Å². The second-order valence-electron chi connectivity index (χ2n) is 4.05. The van der Waals surface area contributed by atoms with E-state index in [-0.39, 0.29) is 11.8 Å². The van der Waals surface area contributed by atoms with Crippen molar-refractivity contribution < 1.29 is 4.79 Å². The molecule has 2 N–H and O–H groups in total. The number of carbonyl (C=O) groups is 1. The maximum atomic E-state index is 12.0. The van der Waals surface area contributed by atoms with E-state index in [0.717, 1.165) is 12.8 Å². The molecule has 0 fully saturated rings. The summed E-state index contributed by atoms with van der Waals surface area (Å²) in [5, 5.41) is 4.10. The van der Waals surface area contributed by atoms with Crippen LogP contribution in [-0.2, 0) is 11.3 Å². The highest BCUT2D eigenvalue weighted by Gasteiger charge is 2.19. The van der Waals surface area contributed by atoms with Crippen LogP contribution in [0.4, 0.5) is 0 Å². The topological polar surface area (TPSA) is 46.3 Å². The summed E-state index contributed by atoms with van der Waals surface area (Å²) in [6.07, 6.45) is 1.88. The van der Waals surface area contributed by atoms with E-state index in [1.165, 1.54) is 5.56 Å². The summed E-state index contributed by atoms with van der Waals surface area (Å²) in [6.45, 7) is 3.21. The zero-order valence-corrected chi connectivity index (χ0v) is 10.8. The molecule has 0 aliphatic heterocycles. The molecule has 0 spiro atoms. The van der Waals surface area contributed by atoms with E-state index in [0.29, 0.717) is 13.1 Å². The van der Waals surface area contributed by atoms with Crippen molar-refractivity contribution in [3.05, 3.63) is 22.4 Å². The van der Waals surface area contributed by atoms with Crippen molar-refractivity contribution >= 4 is 17.2 Å². The first-order valence-electron chi connectivity index (χ1n) is 5.65. The molecule has 0 aliphatic carbocycles. The third-order valence-corrected chi connectivity index (χ3v) is 3.38. The lowest BCUT2D eigenvalue weighted by Crippen LogP contribution is -2.36. The SMILES string of the molecule is CCCC(CN)C(=O)N(C)Cc1ccsc1. The van der Waals surface area contributed by atoms with Gasteiger partial charge in [-0.3, -0.25) is 4.79 Å². The molecule has 3 nitrogen and oxygen atoms in total. The van der Waals surface area contributed by atoms with E-state index in [2.05, 4.69) is 12.3 Å². The van der Waals surface area contributed by atoms with Gasteiger partial charge in [-0.2, -0.15) is 11.3 Å². The highest BCUT2D eigenvalue weighted by molar-refractivity contribution is 7.07. The number of hydrogen-bond acceptors (Lipinski definition) is 3. The molecule has 0 radical (unpaired) electrons. The first-order valence-corrected chi connectivity index (χ1v) is 6.59. The maximum absolute atomic E-state index is 12.0. The monoisotopic (exact) mass is 240 g/mol. The van der Waals surface area contributed by atoms with Gasteiger partial charge >= 0.3 is 0 Å². The third kappa shape index (κ3) is 3.61. The zero-order chi connectivity index (χ0) is 12.0. The first kappa shape index (κ1) is 13.2. The molecule has 1 aromatic rings. The van der Waals surface area contributed by atoms with Crippen LogP contribution in [0.15, 0.2) is 16.8 Å². The maximum Gasteiger partial charge on any atom is 0.226 e. The van der Waals surface area contributed by atoms with Crippen LogP contribution >= 0.6 is 11.3 Å². The van der Waals surface area contributed by atoms with Crippen molar-refractivity contribution in [3.63, 3.8) is 0 Å². The van der Waals surface area contributed by atoms with E-state index in [1.54, 1.807) is 16.2 Å². The minimum Gasteiger partial charge on any atom is -0.341 e. The van der Waals surface area contributed by atoms with Gasteiger partial charge < -0.3 is 10.6 Å². The van der Waals surface area contributed by atoms with Crippen LogP contribution in [-0.4, -0.2) is 24.4 Å². The van der Waals surface area contributed by atoms with E-state index in [9.17, 15) is 4.79 Å². The van der Waals surface area contributed by atoms with Gasteiger partial charge in [-0.1, -0.05) is 13.3 Å². The average Bonchev–Trinajstić information content (AvgIpc) is 2.77. The summed E-state index contributed by atoms with van der Waals surface area (Å²) in [6, 6.07) is 2.05. The fourth-order valence-electron chi connectivity index (χ4n) is 1.74. The highest BCUT2D eigenvalue weighted by atomic mass is 32.1. The normalized spacial score (nSPS) is 12.4. The fourth-order valence-corrected chi connectivity index (χ4v) is 2.40. The Morgan fingerprint density at radius 1 is 1.62 bits per heavy atom. The predicted octanol–water partition coefficient (Wildman–Crippen LogP) is 2.08. The Bertz CT molecular complexity index is 311. The molecule has 4 heteroatoms. The number of hydrogen-bond donors (Lipinski definition) is 1. The van der Waals surface area contributed by atoms with Gasteiger partial charge in [-0.15, -0.1) is 0 Å². The lowest BCUT2D eigenvalue weighted by Gasteiger charge is -2.22. The van der Waals surface area contributed by atoms with Crippen LogP contribution in [0.3, 0.4) is 0 Å². The van der Waals surface area contributed by atoms with Crippen LogP contribution < -0.4 is 5.73 Å². The second-order valence-corrected chi connectivity index (χ2v) is 4.83. The van der Waals surface area contributed by atoms with Crippen molar-refractivity contribution in [1.29, 1.82) is 0 Å². The number of rotatable bonds is 6. The second kappa shape index (κ2) is 6.66. The van der Waals surface area contributed by atoms with Crippen LogP contribution in [0.2, 0.25) is 0 Å². The molecule has 0 aliphatic rings. The molecule has 1 unspecified atom stereocenters. The van der Waals surface area contributed by atoms with Crippen molar-refractivity contribution in [2.24, 2.45) is 11.7 Å². The molecule has 90 valence electrons. The van der Waals surface area contributed by atoms with Crippen molar-refractivity contribution in [3.8, 4) is 0 Å². The standard InChI is InChI=1S/C12H20N2OS/c1-3-4-11(7-13)12(15)14(2)8-10-5-6-16-9-10/h5-6,9,11H,3-4,7-8,13H2,1-2H3. The fraction of sp³-hybridized carbons (Fsp3) is 0.583. The van der Waals surface area contributed by atoms with Crippen molar-refractivity contribution in [2.75, 3.05) is 13.6 Å². The molecule has 0 bridgehead atoms. The summed E-state index contributed by atoms with van der Waals surface area (Å²) >= 11 is 1.66. The predicted molar refractivity (Wildman–Crippen MR) is 68.2 cm³/mol. The summed E-state index contributed by atoms with van der Waals surface area (Å²) in [5.74, 6) is 0.143. The van der Waals surface area contributed by atoms with Gasteiger partial charge in [-0.25, -0.2) is 0 Å². The Labute approximate surface area is 101 Å². The van der Waals surface area contributed by atoms with Crippen LogP contribution in [0.25, 0.3) is 0 Å². The van der Waals surface area contributed by atoms with E-state index < -0.39 is 0 Å². The van der Waals surface area contributed by atoms with Crippen LogP contribution in [0, 0.1) is 5.92 Å². The molecule has 1 heterocycles. The number of thiophene rings is 1. The Morgan fingerprint density at radius 3 is 2.88 bits per heavy atom. The van der Waals surface area contributed by atoms with Crippen LogP contribution in [0.5, 0.6) is 0 Å². The highest BCUT2D eigenvalue weighted by Crippen LogP contribution is 2.13. The van der Waals surface area contributed by atoms with Gasteiger partial charge in [0, 0.05) is 20.1 Å². The first-order chi connectivity index (χ1) is 7.69. The lowest BCUT2D eigenvalue weighted by molar-refractivity contribution is -0.134. The van der Waals surface area contributed by atoms with Gasteiger partial charge in [0.25, 0.3) is 0 Å². The molecule has 0 saturated carbocycles. The van der Waals surface area contributed by atoms with E-state index in [4.69, 9.17) is 5.73 Å². The average molecular weight is 240 g/mol. The van der Waals surface area contributed by atoms with Gasteiger partial charge in [0.05, 0.1) is 5.92 Å². The van der Waals surface area contributed by atoms with Gasteiger partial charge in [0.1, 0.15) is 0 Å². The van der Waals surface area contributed by atoms with Crippen molar-refractivity contribution in [1.82, 2.24) is 4.90 Å². The smallest absolute Gasteiger partial charge is 0.226 e. The number of carbonyl (C=O) groups excluding carboxylic acids is 1. The summed E-state index contributed by atoms with van der Waals surface area (Å²) in [7, 11) is 1.85. The largest absolute Gasteiger partial charge is 0.341 e. The molecular weight excluding hydrogens is 220 g/mol. The summed E-state index contributed by atoms with van der Waals surface area (Å²) < 4.78 is 0. The number of nitrogens with zero attached hydrogens (tertiary/aromatic N) is 1. The molecule has 1 aromatic heterocycles. The molecule has 1 atom stereocenters. The lowest BCUT2D eigenvalue weighted by atomic mass is 10.0. The van der Waals surface area contributed by atoms with E-state index >= 15 is 0 Å².